The molecular formula is C30H34N4O2. The number of ether oxygens (including phenoxy) is 1. The second kappa shape index (κ2) is 12.7. The fraction of sp³-hybridized carbons (Fsp3) is 0.300. The zero-order valence-electron chi connectivity index (χ0n) is 21.1. The molecule has 0 bridgehead atoms. The van der Waals surface area contributed by atoms with Crippen molar-refractivity contribution in [1.29, 1.82) is 0 Å². The smallest absolute Gasteiger partial charge is 0.219 e. The summed E-state index contributed by atoms with van der Waals surface area (Å²) in [5.74, 6) is 0.735. The third kappa shape index (κ3) is 6.39. The number of fused-ring (bicyclic) bond motifs is 1. The van der Waals surface area contributed by atoms with Crippen LogP contribution in [-0.2, 0) is 4.79 Å². The van der Waals surface area contributed by atoms with Gasteiger partial charge in [-0.25, -0.2) is 4.98 Å². The van der Waals surface area contributed by atoms with Crippen LogP contribution in [0.15, 0.2) is 73.1 Å². The summed E-state index contributed by atoms with van der Waals surface area (Å²) in [5, 5.41) is 11.0. The largest absolute Gasteiger partial charge is 0.478 e. The Hall–Kier alpha value is -3.93. The number of hydrogen-bond donors (Lipinski definition) is 2. The summed E-state index contributed by atoms with van der Waals surface area (Å²) in [5.41, 5.74) is 6.86. The maximum atomic E-state index is 11.3. The van der Waals surface area contributed by atoms with Gasteiger partial charge in [0, 0.05) is 36.7 Å². The first-order valence-electron chi connectivity index (χ1n) is 12.7. The number of carbonyl (C=O) groups excluding carboxylic acids is 1. The van der Waals surface area contributed by atoms with Crippen LogP contribution in [0.5, 0.6) is 5.88 Å². The number of unbranched alkanes of at least 4 members (excludes halogenated alkanes) is 3. The van der Waals surface area contributed by atoms with Gasteiger partial charge in [0.2, 0.25) is 11.8 Å². The number of allylic oxidation sites excluding steroid dienone is 1. The van der Waals surface area contributed by atoms with E-state index in [-0.39, 0.29) is 5.91 Å². The van der Waals surface area contributed by atoms with Crippen LogP contribution < -0.4 is 10.1 Å². The summed E-state index contributed by atoms with van der Waals surface area (Å²) >= 11 is 0. The van der Waals surface area contributed by atoms with Gasteiger partial charge in [0.1, 0.15) is 0 Å². The summed E-state index contributed by atoms with van der Waals surface area (Å²) in [6, 6.07) is 21.0. The van der Waals surface area contributed by atoms with Gasteiger partial charge in [0.25, 0.3) is 0 Å². The molecule has 0 saturated carbocycles. The predicted molar refractivity (Wildman–Crippen MR) is 146 cm³/mol. The highest BCUT2D eigenvalue weighted by Crippen LogP contribution is 2.35. The average molecular weight is 483 g/mol. The van der Waals surface area contributed by atoms with E-state index < -0.39 is 0 Å². The molecule has 2 aromatic heterocycles. The number of H-pyrrole nitrogens is 1. The number of benzene rings is 2. The first-order chi connectivity index (χ1) is 17.7. The van der Waals surface area contributed by atoms with Crippen molar-refractivity contribution in [3.63, 3.8) is 0 Å². The molecule has 0 spiro atoms. The Morgan fingerprint density at radius 3 is 2.47 bits per heavy atom. The number of aromatic amines is 1. The molecule has 0 saturated heterocycles. The first kappa shape index (κ1) is 25.2. The van der Waals surface area contributed by atoms with Crippen LogP contribution in [0, 0.1) is 0 Å². The van der Waals surface area contributed by atoms with Gasteiger partial charge in [0.05, 0.1) is 18.3 Å². The number of amides is 1. The molecule has 4 aromatic rings. The first-order valence-corrected chi connectivity index (χ1v) is 12.7. The van der Waals surface area contributed by atoms with Crippen molar-refractivity contribution in [2.75, 3.05) is 13.7 Å². The van der Waals surface area contributed by atoms with Crippen molar-refractivity contribution in [1.82, 2.24) is 20.5 Å². The van der Waals surface area contributed by atoms with Crippen LogP contribution >= 0.6 is 0 Å². The molecule has 2 N–H and O–H groups in total. The monoisotopic (exact) mass is 482 g/mol. The van der Waals surface area contributed by atoms with Crippen LogP contribution in [0.4, 0.5) is 0 Å². The second-order valence-corrected chi connectivity index (χ2v) is 8.82. The highest BCUT2D eigenvalue weighted by Gasteiger charge is 2.14. The van der Waals surface area contributed by atoms with Crippen LogP contribution in [-0.4, -0.2) is 34.7 Å². The van der Waals surface area contributed by atoms with Gasteiger partial charge in [-0.3, -0.25) is 9.89 Å². The maximum Gasteiger partial charge on any atom is 0.219 e. The molecule has 0 atom stereocenters. The predicted octanol–water partition coefficient (Wildman–Crippen LogP) is 6.40. The van der Waals surface area contributed by atoms with Crippen LogP contribution in [0.25, 0.3) is 22.0 Å². The van der Waals surface area contributed by atoms with E-state index in [4.69, 9.17) is 4.74 Å². The molecule has 6 nitrogen and oxygen atoms in total. The molecule has 0 radical (unpaired) electrons. The van der Waals surface area contributed by atoms with Crippen LogP contribution in [0.3, 0.4) is 0 Å². The second-order valence-electron chi connectivity index (χ2n) is 8.82. The SMILES string of the molecule is CC/C(=C(/c1ccc(OCCCCCCC(=O)NC)nc1)c1ccc2[nH]ncc2c1)c1ccccc1. The van der Waals surface area contributed by atoms with E-state index in [1.54, 1.807) is 7.05 Å². The molecule has 0 aliphatic carbocycles. The summed E-state index contributed by atoms with van der Waals surface area (Å²) in [6.45, 7) is 2.81. The molecule has 0 aliphatic heterocycles. The molecular weight excluding hydrogens is 448 g/mol. The Bertz CT molecular complexity index is 1290. The quantitative estimate of drug-likeness (QED) is 0.181. The molecule has 6 heteroatoms. The Balaban J connectivity index is 1.51. The molecule has 0 fully saturated rings. The number of hydrogen-bond acceptors (Lipinski definition) is 4. The van der Waals surface area contributed by atoms with E-state index in [1.807, 2.05) is 24.5 Å². The molecule has 4 rings (SSSR count). The van der Waals surface area contributed by atoms with E-state index >= 15 is 0 Å². The summed E-state index contributed by atoms with van der Waals surface area (Å²) in [4.78, 5) is 15.9. The highest BCUT2D eigenvalue weighted by atomic mass is 16.5. The van der Waals surface area contributed by atoms with Gasteiger partial charge in [0.15, 0.2) is 0 Å². The zero-order chi connectivity index (χ0) is 25.2. The Morgan fingerprint density at radius 1 is 0.917 bits per heavy atom. The van der Waals surface area contributed by atoms with Crippen molar-refractivity contribution < 1.29 is 9.53 Å². The fourth-order valence-corrected chi connectivity index (χ4v) is 4.43. The van der Waals surface area contributed by atoms with E-state index in [0.29, 0.717) is 18.9 Å². The van der Waals surface area contributed by atoms with Crippen molar-refractivity contribution in [2.24, 2.45) is 0 Å². The number of carbonyl (C=O) groups is 1. The normalized spacial score (nSPS) is 11.8. The lowest BCUT2D eigenvalue weighted by molar-refractivity contribution is -0.120. The Morgan fingerprint density at radius 2 is 1.72 bits per heavy atom. The van der Waals surface area contributed by atoms with Gasteiger partial charge < -0.3 is 10.1 Å². The zero-order valence-corrected chi connectivity index (χ0v) is 21.1. The molecule has 186 valence electrons. The number of rotatable bonds is 12. The number of aromatic nitrogens is 3. The highest BCUT2D eigenvalue weighted by molar-refractivity contribution is 6.00. The van der Waals surface area contributed by atoms with Gasteiger partial charge in [-0.1, -0.05) is 56.2 Å². The molecule has 0 unspecified atom stereocenters. The Kier molecular flexibility index (Phi) is 8.87. The molecule has 2 aromatic carbocycles. The number of nitrogens with one attached hydrogen (secondary N) is 2. The van der Waals surface area contributed by atoms with Gasteiger partial charge >= 0.3 is 0 Å². The Labute approximate surface area is 212 Å². The lowest BCUT2D eigenvalue weighted by Gasteiger charge is -2.16. The topological polar surface area (TPSA) is 79.9 Å². The molecule has 0 aliphatic rings. The summed E-state index contributed by atoms with van der Waals surface area (Å²) < 4.78 is 5.90. The van der Waals surface area contributed by atoms with E-state index in [2.05, 4.69) is 76.0 Å². The summed E-state index contributed by atoms with van der Waals surface area (Å²) in [7, 11) is 1.68. The van der Waals surface area contributed by atoms with Crippen molar-refractivity contribution in [3.05, 3.63) is 89.7 Å². The third-order valence-corrected chi connectivity index (χ3v) is 6.36. The minimum atomic E-state index is 0.104. The van der Waals surface area contributed by atoms with E-state index in [9.17, 15) is 4.79 Å². The fourth-order valence-electron chi connectivity index (χ4n) is 4.43. The standard InChI is InChI=1S/C30H34N4O2/c1-3-26(22-11-7-6-8-12-22)30(23-14-16-27-25(19-23)21-33-34-27)24-15-17-29(32-20-24)36-18-10-5-4-9-13-28(35)31-2/h6-8,11-12,14-17,19-21H,3-5,9-10,13,18H2,1-2H3,(H,31,35)(H,33,34)/b30-26-. The van der Waals surface area contributed by atoms with E-state index in [1.165, 1.54) is 16.7 Å². The maximum absolute atomic E-state index is 11.3. The van der Waals surface area contributed by atoms with Gasteiger partial charge in [-0.2, -0.15) is 5.10 Å². The van der Waals surface area contributed by atoms with Gasteiger partial charge in [-0.05, 0) is 59.7 Å². The minimum absolute atomic E-state index is 0.104. The molecule has 36 heavy (non-hydrogen) atoms. The summed E-state index contributed by atoms with van der Waals surface area (Å²) in [6.07, 6.45) is 9.17. The van der Waals surface area contributed by atoms with Crippen LogP contribution in [0.1, 0.15) is 62.1 Å². The van der Waals surface area contributed by atoms with Crippen LogP contribution in [0.2, 0.25) is 0 Å². The third-order valence-electron chi connectivity index (χ3n) is 6.36. The minimum Gasteiger partial charge on any atom is -0.478 e. The van der Waals surface area contributed by atoms with Crippen molar-refractivity contribution in [2.45, 2.75) is 45.4 Å². The molecule has 2 heterocycles. The lowest BCUT2D eigenvalue weighted by Crippen LogP contribution is -2.16. The number of nitrogens with zero attached hydrogens (tertiary/aromatic N) is 2. The van der Waals surface area contributed by atoms with Gasteiger partial charge in [-0.15, -0.1) is 0 Å². The average Bonchev–Trinajstić information content (AvgIpc) is 3.40. The van der Waals surface area contributed by atoms with Crippen molar-refractivity contribution in [3.8, 4) is 5.88 Å². The lowest BCUT2D eigenvalue weighted by atomic mass is 9.88. The molecule has 1 amide bonds. The van der Waals surface area contributed by atoms with E-state index in [0.717, 1.165) is 54.1 Å². The number of pyridine rings is 1. The van der Waals surface area contributed by atoms with Crippen molar-refractivity contribution >= 4 is 28.0 Å².